The molecule has 0 bridgehead atoms. The Morgan fingerprint density at radius 1 is 1.33 bits per heavy atom. The third-order valence-corrected chi connectivity index (χ3v) is 3.99. The van der Waals surface area contributed by atoms with Crippen LogP contribution < -0.4 is 4.90 Å². The molecule has 1 aliphatic rings. The minimum absolute atomic E-state index is 0.511. The summed E-state index contributed by atoms with van der Waals surface area (Å²) in [5.74, 6) is 1.56. The summed E-state index contributed by atoms with van der Waals surface area (Å²) < 4.78 is 0.992. The lowest BCUT2D eigenvalue weighted by Gasteiger charge is -2.36. The maximum atomic E-state index is 6.00. The predicted molar refractivity (Wildman–Crippen MR) is 80.4 cm³/mol. The Labute approximate surface area is 122 Å². The van der Waals surface area contributed by atoms with Crippen molar-refractivity contribution >= 4 is 33.3 Å². The molecular formula is C13H19BrClN3. The van der Waals surface area contributed by atoms with Gasteiger partial charge in [-0.1, -0.05) is 6.92 Å². The number of aromatic nitrogens is 1. The van der Waals surface area contributed by atoms with Gasteiger partial charge in [0.2, 0.25) is 0 Å². The summed E-state index contributed by atoms with van der Waals surface area (Å²) >= 11 is 9.45. The molecule has 2 heterocycles. The third kappa shape index (κ3) is 3.37. The van der Waals surface area contributed by atoms with Crippen LogP contribution in [-0.4, -0.2) is 42.6 Å². The molecule has 0 aromatic carbocycles. The van der Waals surface area contributed by atoms with E-state index in [2.05, 4.69) is 43.7 Å². The van der Waals surface area contributed by atoms with Gasteiger partial charge in [-0.05, 0) is 35.0 Å². The monoisotopic (exact) mass is 331 g/mol. The standard InChI is InChI=1S/C13H19BrClN3/c1-2-3-17-4-6-18(7-5-17)13-11(9-15)8-12(14)10-16-13/h8,10H,2-7,9H2,1H3. The van der Waals surface area contributed by atoms with Gasteiger partial charge < -0.3 is 4.90 Å². The van der Waals surface area contributed by atoms with E-state index in [9.17, 15) is 0 Å². The van der Waals surface area contributed by atoms with E-state index < -0.39 is 0 Å². The molecule has 0 unspecified atom stereocenters. The van der Waals surface area contributed by atoms with Crippen LogP contribution in [0.25, 0.3) is 0 Å². The zero-order chi connectivity index (χ0) is 13.0. The Morgan fingerprint density at radius 2 is 2.06 bits per heavy atom. The van der Waals surface area contributed by atoms with Gasteiger partial charge in [0.1, 0.15) is 5.82 Å². The Balaban J connectivity index is 2.05. The van der Waals surface area contributed by atoms with Gasteiger partial charge in [-0.3, -0.25) is 4.90 Å². The topological polar surface area (TPSA) is 19.4 Å². The molecule has 0 atom stereocenters. The van der Waals surface area contributed by atoms with E-state index in [0.29, 0.717) is 5.88 Å². The number of alkyl halides is 1. The first kappa shape index (κ1) is 14.1. The van der Waals surface area contributed by atoms with Gasteiger partial charge >= 0.3 is 0 Å². The fourth-order valence-corrected chi connectivity index (χ4v) is 2.93. The van der Waals surface area contributed by atoms with Crippen LogP contribution in [0.15, 0.2) is 16.7 Å². The Hall–Kier alpha value is -0.320. The van der Waals surface area contributed by atoms with Crippen molar-refractivity contribution in [3.8, 4) is 0 Å². The van der Waals surface area contributed by atoms with Crippen molar-refractivity contribution in [2.24, 2.45) is 0 Å². The molecule has 1 fully saturated rings. The van der Waals surface area contributed by atoms with Crippen molar-refractivity contribution in [1.29, 1.82) is 0 Å². The molecule has 2 rings (SSSR count). The highest BCUT2D eigenvalue weighted by atomic mass is 79.9. The number of hydrogen-bond donors (Lipinski definition) is 0. The average Bonchev–Trinajstić information content (AvgIpc) is 2.40. The summed E-state index contributed by atoms with van der Waals surface area (Å²) in [6.07, 6.45) is 3.08. The van der Waals surface area contributed by atoms with Crippen LogP contribution in [-0.2, 0) is 5.88 Å². The lowest BCUT2D eigenvalue weighted by molar-refractivity contribution is 0.258. The van der Waals surface area contributed by atoms with Crippen LogP contribution >= 0.6 is 27.5 Å². The van der Waals surface area contributed by atoms with Gasteiger partial charge in [0.15, 0.2) is 0 Å². The highest BCUT2D eigenvalue weighted by molar-refractivity contribution is 9.10. The maximum Gasteiger partial charge on any atom is 0.133 e. The van der Waals surface area contributed by atoms with E-state index in [1.54, 1.807) is 0 Å². The zero-order valence-electron chi connectivity index (χ0n) is 10.7. The van der Waals surface area contributed by atoms with E-state index >= 15 is 0 Å². The first-order valence-corrected chi connectivity index (χ1v) is 7.75. The van der Waals surface area contributed by atoms with E-state index in [1.807, 2.05) is 6.20 Å². The Bertz CT molecular complexity index is 392. The molecule has 0 spiro atoms. The summed E-state index contributed by atoms with van der Waals surface area (Å²) in [5.41, 5.74) is 1.11. The van der Waals surface area contributed by atoms with Crippen molar-refractivity contribution in [1.82, 2.24) is 9.88 Å². The maximum absolute atomic E-state index is 6.00. The van der Waals surface area contributed by atoms with Crippen molar-refractivity contribution in [2.75, 3.05) is 37.6 Å². The van der Waals surface area contributed by atoms with Crippen LogP contribution in [0, 0.1) is 0 Å². The predicted octanol–water partition coefficient (Wildman–Crippen LogP) is 3.11. The largest absolute Gasteiger partial charge is 0.354 e. The van der Waals surface area contributed by atoms with Crippen LogP contribution in [0.3, 0.4) is 0 Å². The SMILES string of the molecule is CCCN1CCN(c2ncc(Br)cc2CCl)CC1. The van der Waals surface area contributed by atoms with Crippen molar-refractivity contribution in [3.63, 3.8) is 0 Å². The highest BCUT2D eigenvalue weighted by Crippen LogP contribution is 2.24. The zero-order valence-corrected chi connectivity index (χ0v) is 13.0. The lowest BCUT2D eigenvalue weighted by atomic mass is 10.2. The first-order valence-electron chi connectivity index (χ1n) is 6.42. The number of halogens is 2. The molecule has 0 radical (unpaired) electrons. The van der Waals surface area contributed by atoms with E-state index in [4.69, 9.17) is 11.6 Å². The van der Waals surface area contributed by atoms with E-state index in [0.717, 1.165) is 42.0 Å². The summed E-state index contributed by atoms with van der Waals surface area (Å²) in [7, 11) is 0. The lowest BCUT2D eigenvalue weighted by Crippen LogP contribution is -2.47. The number of rotatable bonds is 4. The first-order chi connectivity index (χ1) is 8.74. The fourth-order valence-electron chi connectivity index (χ4n) is 2.36. The third-order valence-electron chi connectivity index (χ3n) is 3.27. The second-order valence-electron chi connectivity index (χ2n) is 4.60. The number of anilines is 1. The van der Waals surface area contributed by atoms with Gasteiger partial charge in [-0.2, -0.15) is 0 Å². The molecule has 0 N–H and O–H groups in total. The van der Waals surface area contributed by atoms with Crippen molar-refractivity contribution in [3.05, 3.63) is 22.3 Å². The van der Waals surface area contributed by atoms with Crippen LogP contribution in [0.2, 0.25) is 0 Å². The van der Waals surface area contributed by atoms with Gasteiger partial charge in [-0.25, -0.2) is 4.98 Å². The molecule has 0 aliphatic carbocycles. The summed E-state index contributed by atoms with van der Waals surface area (Å²) in [4.78, 5) is 9.37. The summed E-state index contributed by atoms with van der Waals surface area (Å²) in [6.45, 7) is 7.75. The van der Waals surface area contributed by atoms with Gasteiger partial charge in [0.05, 0.1) is 5.88 Å². The smallest absolute Gasteiger partial charge is 0.133 e. The van der Waals surface area contributed by atoms with Gasteiger partial charge in [0, 0.05) is 42.4 Å². The molecule has 0 saturated carbocycles. The molecule has 1 aromatic heterocycles. The van der Waals surface area contributed by atoms with Crippen molar-refractivity contribution < 1.29 is 0 Å². The minimum atomic E-state index is 0.511. The molecule has 1 aromatic rings. The molecule has 100 valence electrons. The van der Waals surface area contributed by atoms with Crippen LogP contribution in [0.5, 0.6) is 0 Å². The number of nitrogens with zero attached hydrogens (tertiary/aromatic N) is 3. The number of pyridine rings is 1. The second kappa shape index (κ2) is 6.73. The molecule has 5 heteroatoms. The van der Waals surface area contributed by atoms with Gasteiger partial charge in [-0.15, -0.1) is 11.6 Å². The van der Waals surface area contributed by atoms with E-state index in [-0.39, 0.29) is 0 Å². The molecular weight excluding hydrogens is 314 g/mol. The van der Waals surface area contributed by atoms with E-state index in [1.165, 1.54) is 13.0 Å². The quantitative estimate of drug-likeness (QED) is 0.790. The molecule has 1 aliphatic heterocycles. The van der Waals surface area contributed by atoms with Crippen molar-refractivity contribution in [2.45, 2.75) is 19.2 Å². The number of piperazine rings is 1. The number of hydrogen-bond acceptors (Lipinski definition) is 3. The fraction of sp³-hybridized carbons (Fsp3) is 0.615. The minimum Gasteiger partial charge on any atom is -0.354 e. The highest BCUT2D eigenvalue weighted by Gasteiger charge is 2.19. The Morgan fingerprint density at radius 3 is 2.67 bits per heavy atom. The summed E-state index contributed by atoms with van der Waals surface area (Å²) in [5, 5.41) is 0. The summed E-state index contributed by atoms with van der Waals surface area (Å²) in [6, 6.07) is 2.06. The van der Waals surface area contributed by atoms with Crippen LogP contribution in [0.1, 0.15) is 18.9 Å². The normalized spacial score (nSPS) is 17.2. The Kier molecular flexibility index (Phi) is 5.27. The molecule has 18 heavy (non-hydrogen) atoms. The molecule has 3 nitrogen and oxygen atoms in total. The molecule has 0 amide bonds. The van der Waals surface area contributed by atoms with Gasteiger partial charge in [0.25, 0.3) is 0 Å². The average molecular weight is 333 g/mol. The van der Waals surface area contributed by atoms with Crippen LogP contribution in [0.4, 0.5) is 5.82 Å². The second-order valence-corrected chi connectivity index (χ2v) is 5.78. The molecule has 1 saturated heterocycles.